The Balaban J connectivity index is 1.89. The molecule has 0 aliphatic carbocycles. The lowest BCUT2D eigenvalue weighted by atomic mass is 10.2. The van der Waals surface area contributed by atoms with E-state index in [0.717, 1.165) is 10.5 Å². The lowest BCUT2D eigenvalue weighted by Crippen LogP contribution is -2.03. The first-order chi connectivity index (χ1) is 15.0. The molecule has 0 aliphatic rings. The molecule has 3 aromatic heterocycles. The molecule has 0 radical (unpaired) electrons. The van der Waals surface area contributed by atoms with Crippen molar-refractivity contribution in [1.29, 1.82) is 0 Å². The average molecular weight is 454 g/mol. The number of benzene rings is 2. The van der Waals surface area contributed by atoms with Gasteiger partial charge < -0.3 is 20.9 Å². The summed E-state index contributed by atoms with van der Waals surface area (Å²) in [5, 5.41) is 3.67. The van der Waals surface area contributed by atoms with Crippen molar-refractivity contribution >= 4 is 56.6 Å². The fourth-order valence-electron chi connectivity index (χ4n) is 3.48. The molecule has 156 valence electrons. The lowest BCUT2D eigenvalue weighted by Gasteiger charge is -2.13. The number of aromatic nitrogens is 5. The predicted octanol–water partition coefficient (Wildman–Crippen LogP) is 3.93. The molecule has 31 heavy (non-hydrogen) atoms. The van der Waals surface area contributed by atoms with E-state index < -0.39 is 0 Å². The van der Waals surface area contributed by atoms with Gasteiger partial charge in [-0.1, -0.05) is 11.6 Å². The molecule has 5 aromatic rings. The van der Waals surface area contributed by atoms with Crippen LogP contribution >= 0.6 is 22.9 Å². The lowest BCUT2D eigenvalue weighted by molar-refractivity contribution is 0.355. The molecule has 0 fully saturated rings. The Hall–Kier alpha value is -3.63. The predicted molar refractivity (Wildman–Crippen MR) is 122 cm³/mol. The zero-order chi connectivity index (χ0) is 21.7. The summed E-state index contributed by atoms with van der Waals surface area (Å²) in [4.78, 5) is 17.6. The van der Waals surface area contributed by atoms with E-state index in [1.165, 1.54) is 11.3 Å². The molecule has 4 N–H and O–H groups in total. The average Bonchev–Trinajstić information content (AvgIpc) is 3.40. The molecule has 3 heterocycles. The molecule has 2 aromatic carbocycles. The normalized spacial score (nSPS) is 11.3. The van der Waals surface area contributed by atoms with Gasteiger partial charge in [0, 0.05) is 29.1 Å². The van der Waals surface area contributed by atoms with Gasteiger partial charge in [-0.25, -0.2) is 15.0 Å². The van der Waals surface area contributed by atoms with Crippen molar-refractivity contribution in [2.24, 2.45) is 0 Å². The van der Waals surface area contributed by atoms with Crippen LogP contribution in [0.5, 0.6) is 11.5 Å². The van der Waals surface area contributed by atoms with E-state index in [1.54, 1.807) is 32.5 Å². The Bertz CT molecular complexity index is 1450. The van der Waals surface area contributed by atoms with Crippen LogP contribution in [0.2, 0.25) is 5.02 Å². The van der Waals surface area contributed by atoms with Crippen LogP contribution in [0.1, 0.15) is 0 Å². The molecule has 5 rings (SSSR count). The number of hydrogen-bond acceptors (Lipinski definition) is 9. The third-order valence-corrected chi connectivity index (χ3v) is 5.91. The highest BCUT2D eigenvalue weighted by molar-refractivity contribution is 7.13. The number of imidazole rings is 1. The van der Waals surface area contributed by atoms with Crippen molar-refractivity contribution in [2.75, 3.05) is 25.7 Å². The number of anilines is 2. The van der Waals surface area contributed by atoms with E-state index in [9.17, 15) is 0 Å². The van der Waals surface area contributed by atoms with Gasteiger partial charge in [0.15, 0.2) is 22.3 Å². The summed E-state index contributed by atoms with van der Waals surface area (Å²) in [6.45, 7) is 0. The molecule has 0 saturated heterocycles. The van der Waals surface area contributed by atoms with Crippen molar-refractivity contribution in [3.05, 3.63) is 40.9 Å². The second-order valence-corrected chi connectivity index (χ2v) is 7.89. The van der Waals surface area contributed by atoms with Crippen molar-refractivity contribution in [2.45, 2.75) is 0 Å². The highest BCUT2D eigenvalue weighted by atomic mass is 35.5. The third kappa shape index (κ3) is 3.07. The van der Waals surface area contributed by atoms with Crippen LogP contribution in [0.4, 0.5) is 11.8 Å². The number of nitrogens with zero attached hydrogens (tertiary/aromatic N) is 5. The van der Waals surface area contributed by atoms with Crippen LogP contribution in [0.3, 0.4) is 0 Å². The minimum atomic E-state index is 0.0836. The smallest absolute Gasteiger partial charge is 0.222 e. The molecule has 0 spiro atoms. The number of hydrogen-bond donors (Lipinski definition) is 2. The Labute approximate surface area is 185 Å². The first kappa shape index (κ1) is 19.3. The van der Waals surface area contributed by atoms with Crippen molar-refractivity contribution in [1.82, 2.24) is 24.5 Å². The summed E-state index contributed by atoms with van der Waals surface area (Å²) in [5.74, 6) is 2.10. The summed E-state index contributed by atoms with van der Waals surface area (Å²) < 4.78 is 12.8. The van der Waals surface area contributed by atoms with E-state index in [2.05, 4.69) is 15.0 Å². The van der Waals surface area contributed by atoms with Gasteiger partial charge in [-0.05, 0) is 12.1 Å². The summed E-state index contributed by atoms with van der Waals surface area (Å²) in [5.41, 5.74) is 14.5. The van der Waals surface area contributed by atoms with Crippen LogP contribution in [-0.2, 0) is 0 Å². The van der Waals surface area contributed by atoms with Crippen molar-refractivity contribution in [3.63, 3.8) is 0 Å². The fraction of sp³-hybridized carbons (Fsp3) is 0.100. The Morgan fingerprint density at radius 3 is 2.45 bits per heavy atom. The van der Waals surface area contributed by atoms with Gasteiger partial charge in [0.2, 0.25) is 5.95 Å². The molecule has 0 atom stereocenters. The summed E-state index contributed by atoms with van der Waals surface area (Å²) in [7, 11) is 3.16. The van der Waals surface area contributed by atoms with E-state index in [0.29, 0.717) is 44.5 Å². The van der Waals surface area contributed by atoms with Gasteiger partial charge in [0.1, 0.15) is 5.82 Å². The summed E-state index contributed by atoms with van der Waals surface area (Å²) in [6, 6.07) is 7.19. The van der Waals surface area contributed by atoms with Crippen LogP contribution in [0, 0.1) is 0 Å². The molecule has 0 unspecified atom stereocenters. The second kappa shape index (κ2) is 7.25. The Morgan fingerprint density at radius 2 is 1.74 bits per heavy atom. The molecular formula is C20H16ClN7O2S. The molecule has 9 nitrogen and oxygen atoms in total. The van der Waals surface area contributed by atoms with E-state index >= 15 is 0 Å². The van der Waals surface area contributed by atoms with Gasteiger partial charge in [-0.2, -0.15) is 4.98 Å². The maximum Gasteiger partial charge on any atom is 0.222 e. The number of thiazole rings is 1. The van der Waals surface area contributed by atoms with Gasteiger partial charge in [0.25, 0.3) is 0 Å². The summed E-state index contributed by atoms with van der Waals surface area (Å²) in [6.07, 6.45) is 1.72. The maximum atomic E-state index is 6.71. The molecule has 0 bridgehead atoms. The number of rotatable bonds is 4. The van der Waals surface area contributed by atoms with E-state index in [-0.39, 0.29) is 11.8 Å². The topological polar surface area (TPSA) is 127 Å². The molecule has 11 heteroatoms. The molecule has 0 amide bonds. The highest BCUT2D eigenvalue weighted by Gasteiger charge is 2.21. The number of nitrogens with two attached hydrogens (primary N) is 2. The van der Waals surface area contributed by atoms with Crippen LogP contribution in [0.25, 0.3) is 38.5 Å². The molecule has 0 saturated carbocycles. The fourth-order valence-corrected chi connectivity index (χ4v) is 4.34. The first-order valence-corrected chi connectivity index (χ1v) is 10.3. The minimum Gasteiger partial charge on any atom is -0.493 e. The van der Waals surface area contributed by atoms with E-state index in [1.807, 2.05) is 22.1 Å². The number of halogens is 1. The Kier molecular flexibility index (Phi) is 4.53. The second-order valence-electron chi connectivity index (χ2n) is 6.59. The number of ether oxygens (including phenoxy) is 2. The number of fused-ring (bicyclic) bond motifs is 2. The highest BCUT2D eigenvalue weighted by Crippen LogP contribution is 2.39. The van der Waals surface area contributed by atoms with Gasteiger partial charge in [-0.3, -0.25) is 4.57 Å². The van der Waals surface area contributed by atoms with Crippen LogP contribution in [0.15, 0.2) is 35.8 Å². The standard InChI is InChI=1S/C20H16ClN7O2S/c1-29-15-7-12-14(8-16(15)30-2)28(18(25-12)19-24-3-4-31-19)13-6-11-9(5-10(13)21)17(22)27-20(23)26-11/h3-8H,1-2H3,(H4,22,23,26,27). The van der Waals surface area contributed by atoms with Gasteiger partial charge in [0.05, 0.1) is 41.5 Å². The molecular weight excluding hydrogens is 438 g/mol. The first-order valence-electron chi connectivity index (χ1n) is 9.07. The zero-order valence-corrected chi connectivity index (χ0v) is 18.0. The SMILES string of the molecule is COc1cc2nc(-c3nccs3)n(-c3cc4nc(N)nc(N)c4cc3Cl)c2cc1OC. The van der Waals surface area contributed by atoms with Crippen molar-refractivity contribution < 1.29 is 9.47 Å². The quantitative estimate of drug-likeness (QED) is 0.419. The van der Waals surface area contributed by atoms with Gasteiger partial charge in [-0.15, -0.1) is 11.3 Å². The van der Waals surface area contributed by atoms with Crippen LogP contribution < -0.4 is 20.9 Å². The largest absolute Gasteiger partial charge is 0.493 e. The zero-order valence-electron chi connectivity index (χ0n) is 16.5. The molecule has 0 aliphatic heterocycles. The minimum absolute atomic E-state index is 0.0836. The monoisotopic (exact) mass is 453 g/mol. The Morgan fingerprint density at radius 1 is 0.968 bits per heavy atom. The summed E-state index contributed by atoms with van der Waals surface area (Å²) >= 11 is 8.18. The van der Waals surface area contributed by atoms with Crippen LogP contribution in [-0.4, -0.2) is 38.7 Å². The van der Waals surface area contributed by atoms with E-state index in [4.69, 9.17) is 37.5 Å². The number of methoxy groups -OCH3 is 2. The third-order valence-electron chi connectivity index (χ3n) is 4.84. The van der Waals surface area contributed by atoms with Gasteiger partial charge >= 0.3 is 0 Å². The van der Waals surface area contributed by atoms with Crippen molar-refractivity contribution in [3.8, 4) is 28.0 Å². The maximum absolute atomic E-state index is 6.71. The number of nitrogen functional groups attached to an aromatic ring is 2.